The molecule has 0 radical (unpaired) electrons. The molecule has 0 saturated carbocycles. The van der Waals surface area contributed by atoms with Gasteiger partial charge in [0.25, 0.3) is 5.56 Å². The van der Waals surface area contributed by atoms with Crippen LogP contribution in [0.4, 0.5) is 0 Å². The molecule has 1 atom stereocenters. The van der Waals surface area contributed by atoms with Crippen LogP contribution in [-0.4, -0.2) is 33.1 Å². The van der Waals surface area contributed by atoms with Gasteiger partial charge >= 0.3 is 0 Å². The minimum absolute atomic E-state index is 0.0668. The summed E-state index contributed by atoms with van der Waals surface area (Å²) < 4.78 is 0. The van der Waals surface area contributed by atoms with Gasteiger partial charge in [-0.3, -0.25) is 9.59 Å². The first-order valence-corrected chi connectivity index (χ1v) is 12.3. The second kappa shape index (κ2) is 9.16. The third kappa shape index (κ3) is 4.50. The quantitative estimate of drug-likeness (QED) is 0.426. The fourth-order valence-electron chi connectivity index (χ4n) is 3.21. The van der Waals surface area contributed by atoms with Crippen molar-refractivity contribution in [2.24, 2.45) is 0 Å². The summed E-state index contributed by atoms with van der Waals surface area (Å²) in [7, 11) is 1.82. The third-order valence-electron chi connectivity index (χ3n) is 4.77. The highest BCUT2D eigenvalue weighted by atomic mass is 32.2. The average molecular weight is 456 g/mol. The fourth-order valence-corrected chi connectivity index (χ4v) is 5.71. The van der Waals surface area contributed by atoms with Gasteiger partial charge in [0.2, 0.25) is 5.91 Å². The van der Waals surface area contributed by atoms with E-state index in [-0.39, 0.29) is 16.7 Å². The van der Waals surface area contributed by atoms with Gasteiger partial charge in [0, 0.05) is 24.5 Å². The molecule has 154 valence electrons. The predicted molar refractivity (Wildman–Crippen MR) is 127 cm³/mol. The molecule has 0 fully saturated rings. The van der Waals surface area contributed by atoms with E-state index in [4.69, 9.17) is 0 Å². The molecule has 0 saturated heterocycles. The zero-order chi connectivity index (χ0) is 21.1. The highest BCUT2D eigenvalue weighted by Gasteiger charge is 2.19. The van der Waals surface area contributed by atoms with E-state index < -0.39 is 0 Å². The summed E-state index contributed by atoms with van der Waals surface area (Å²) in [5, 5.41) is 6.44. The zero-order valence-corrected chi connectivity index (χ0v) is 19.1. The Balaban J connectivity index is 1.45. The number of hydrogen-bond acceptors (Lipinski definition) is 6. The van der Waals surface area contributed by atoms with Gasteiger partial charge < -0.3 is 9.88 Å². The van der Waals surface area contributed by atoms with E-state index in [0.29, 0.717) is 23.5 Å². The van der Waals surface area contributed by atoms with Crippen molar-refractivity contribution in [1.29, 1.82) is 0 Å². The lowest BCUT2D eigenvalue weighted by atomic mass is 10.1. The number of H-pyrrole nitrogens is 1. The van der Waals surface area contributed by atoms with E-state index in [1.165, 1.54) is 23.1 Å². The number of carbonyl (C=O) groups excluding carboxylic acids is 1. The Morgan fingerprint density at radius 2 is 2.03 bits per heavy atom. The van der Waals surface area contributed by atoms with Crippen LogP contribution in [0.15, 0.2) is 57.3 Å². The second-order valence-corrected chi connectivity index (χ2v) is 9.95. The maximum Gasteiger partial charge on any atom is 0.260 e. The summed E-state index contributed by atoms with van der Waals surface area (Å²) >= 11 is 4.58. The molecule has 4 aromatic rings. The molecule has 0 unspecified atom stereocenters. The molecule has 0 aliphatic carbocycles. The SMILES string of the molecule is C[C@@H](SCc1nc2scc(-c3ccccc3)c2c(=O)[nH]1)C(=O)N(C)Cc1ccsc1. The third-order valence-corrected chi connectivity index (χ3v) is 7.52. The lowest BCUT2D eigenvalue weighted by Gasteiger charge is -2.20. The van der Waals surface area contributed by atoms with Gasteiger partial charge in [-0.2, -0.15) is 11.3 Å². The number of rotatable bonds is 7. The molecule has 30 heavy (non-hydrogen) atoms. The van der Waals surface area contributed by atoms with Crippen LogP contribution in [0.5, 0.6) is 0 Å². The number of fused-ring (bicyclic) bond motifs is 1. The van der Waals surface area contributed by atoms with Crippen molar-refractivity contribution in [3.05, 3.63) is 74.3 Å². The Morgan fingerprint density at radius 3 is 2.77 bits per heavy atom. The first-order valence-electron chi connectivity index (χ1n) is 9.46. The molecule has 3 heterocycles. The van der Waals surface area contributed by atoms with E-state index in [9.17, 15) is 9.59 Å². The lowest BCUT2D eigenvalue weighted by molar-refractivity contribution is -0.129. The largest absolute Gasteiger partial charge is 0.340 e. The summed E-state index contributed by atoms with van der Waals surface area (Å²) in [4.78, 5) is 35.4. The van der Waals surface area contributed by atoms with Crippen molar-refractivity contribution < 1.29 is 4.79 Å². The minimum atomic E-state index is -0.224. The van der Waals surface area contributed by atoms with Gasteiger partial charge in [-0.15, -0.1) is 23.1 Å². The second-order valence-electron chi connectivity index (χ2n) is 6.99. The number of nitrogens with zero attached hydrogens (tertiary/aromatic N) is 2. The summed E-state index contributed by atoms with van der Waals surface area (Å²) in [5.41, 5.74) is 2.91. The van der Waals surface area contributed by atoms with Crippen LogP contribution in [0.3, 0.4) is 0 Å². The standard InChI is InChI=1S/C22H21N3O2S3/c1-14(22(27)25(2)10-15-8-9-28-11-15)29-13-18-23-20(26)19-17(12-30-21(19)24-18)16-6-4-3-5-7-16/h3-9,11-12,14H,10,13H2,1-2H3,(H,23,24,26)/t14-/m1/s1. The van der Waals surface area contributed by atoms with E-state index in [1.807, 2.05) is 61.1 Å². The summed E-state index contributed by atoms with van der Waals surface area (Å²) in [5.74, 6) is 1.14. The number of hydrogen-bond donors (Lipinski definition) is 1. The van der Waals surface area contributed by atoms with Crippen LogP contribution < -0.4 is 5.56 Å². The molecule has 0 bridgehead atoms. The highest BCUT2D eigenvalue weighted by Crippen LogP contribution is 2.31. The van der Waals surface area contributed by atoms with Gasteiger partial charge in [-0.05, 0) is 34.9 Å². The van der Waals surface area contributed by atoms with Crippen LogP contribution in [0.25, 0.3) is 21.3 Å². The van der Waals surface area contributed by atoms with E-state index in [2.05, 4.69) is 15.3 Å². The monoisotopic (exact) mass is 455 g/mol. The van der Waals surface area contributed by atoms with Crippen LogP contribution in [0.1, 0.15) is 18.3 Å². The molecule has 3 aromatic heterocycles. The van der Waals surface area contributed by atoms with Gasteiger partial charge in [-0.1, -0.05) is 30.3 Å². The summed E-state index contributed by atoms with van der Waals surface area (Å²) in [6.45, 7) is 2.50. The van der Waals surface area contributed by atoms with Crippen LogP contribution >= 0.6 is 34.4 Å². The smallest absolute Gasteiger partial charge is 0.260 e. The van der Waals surface area contributed by atoms with Crippen molar-refractivity contribution >= 4 is 50.6 Å². The first kappa shape index (κ1) is 20.8. The lowest BCUT2D eigenvalue weighted by Crippen LogP contribution is -2.32. The van der Waals surface area contributed by atoms with Gasteiger partial charge in [0.15, 0.2) is 0 Å². The van der Waals surface area contributed by atoms with E-state index in [0.717, 1.165) is 21.5 Å². The molecule has 8 heteroatoms. The average Bonchev–Trinajstić information content (AvgIpc) is 3.42. The Bertz CT molecular complexity index is 1200. The fraction of sp³-hybridized carbons (Fsp3) is 0.227. The molecular formula is C22H21N3O2S3. The Morgan fingerprint density at radius 1 is 1.23 bits per heavy atom. The number of amides is 1. The maximum absolute atomic E-state index is 12.7. The predicted octanol–water partition coefficient (Wildman–Crippen LogP) is 4.99. The number of benzene rings is 1. The molecule has 0 spiro atoms. The van der Waals surface area contributed by atoms with Gasteiger partial charge in [0.05, 0.1) is 16.4 Å². The Hall–Kier alpha value is -2.42. The number of nitrogens with one attached hydrogen (secondary N) is 1. The molecule has 0 aliphatic rings. The van der Waals surface area contributed by atoms with Crippen molar-refractivity contribution in [3.8, 4) is 11.1 Å². The van der Waals surface area contributed by atoms with Crippen LogP contribution in [0.2, 0.25) is 0 Å². The topological polar surface area (TPSA) is 66.1 Å². The highest BCUT2D eigenvalue weighted by molar-refractivity contribution is 7.99. The molecule has 1 aromatic carbocycles. The zero-order valence-electron chi connectivity index (χ0n) is 16.6. The van der Waals surface area contributed by atoms with Crippen molar-refractivity contribution in [1.82, 2.24) is 14.9 Å². The van der Waals surface area contributed by atoms with E-state index >= 15 is 0 Å². The molecule has 5 nitrogen and oxygen atoms in total. The van der Waals surface area contributed by atoms with Crippen LogP contribution in [0, 0.1) is 0 Å². The molecule has 1 amide bonds. The molecular weight excluding hydrogens is 434 g/mol. The number of aromatic amines is 1. The normalized spacial score (nSPS) is 12.2. The number of thioether (sulfide) groups is 1. The van der Waals surface area contributed by atoms with E-state index in [1.54, 1.807) is 16.2 Å². The van der Waals surface area contributed by atoms with Crippen molar-refractivity contribution in [3.63, 3.8) is 0 Å². The number of thiophene rings is 2. The summed E-state index contributed by atoms with van der Waals surface area (Å²) in [6, 6.07) is 11.9. The van der Waals surface area contributed by atoms with Gasteiger partial charge in [-0.25, -0.2) is 4.98 Å². The molecule has 0 aliphatic heterocycles. The summed E-state index contributed by atoms with van der Waals surface area (Å²) in [6.07, 6.45) is 0. The number of carbonyl (C=O) groups is 1. The van der Waals surface area contributed by atoms with Crippen molar-refractivity contribution in [2.45, 2.75) is 24.5 Å². The molecule has 1 N–H and O–H groups in total. The van der Waals surface area contributed by atoms with Gasteiger partial charge in [0.1, 0.15) is 10.7 Å². The Kier molecular flexibility index (Phi) is 6.36. The van der Waals surface area contributed by atoms with Crippen LogP contribution in [-0.2, 0) is 17.1 Å². The Labute approximate surface area is 186 Å². The maximum atomic E-state index is 12.7. The van der Waals surface area contributed by atoms with Crippen molar-refractivity contribution in [2.75, 3.05) is 7.05 Å². The molecule has 4 rings (SSSR count). The minimum Gasteiger partial charge on any atom is -0.340 e. The number of aromatic nitrogens is 2. The first-order chi connectivity index (χ1) is 14.5.